The van der Waals surface area contributed by atoms with Crippen molar-refractivity contribution in [3.05, 3.63) is 190 Å². The van der Waals surface area contributed by atoms with Crippen molar-refractivity contribution in [1.82, 2.24) is 9.13 Å². The molecule has 11 rings (SSSR count). The van der Waals surface area contributed by atoms with Crippen molar-refractivity contribution in [2.45, 2.75) is 20.4 Å². The Morgan fingerprint density at radius 2 is 0.814 bits per heavy atom. The van der Waals surface area contributed by atoms with E-state index in [4.69, 9.17) is 0 Å². The SMILES string of the molecule is Cc1cc2c(-c3ccc4c(c3)c3ccccc3n4C)cccc2[c-]1[Si](C)(c1ccccc1)[c-]1c(C)cc2c(-c3ccc4c(c3)c3ccccc3n4C)cccc21.[CH3-].[CH3-].[Zr+4]. The molecule has 0 fully saturated rings. The summed E-state index contributed by atoms with van der Waals surface area (Å²) in [6.45, 7) is 7.31. The van der Waals surface area contributed by atoms with Gasteiger partial charge in [0, 0.05) is 57.7 Å². The van der Waals surface area contributed by atoms with E-state index in [-0.39, 0.29) is 41.1 Å². The number of aromatic nitrogens is 2. The van der Waals surface area contributed by atoms with E-state index < -0.39 is 8.07 Å². The van der Waals surface area contributed by atoms with Crippen molar-refractivity contribution >= 4 is 88.8 Å². The number of aryl methyl sites for hydroxylation is 4. The van der Waals surface area contributed by atoms with Crippen LogP contribution in [0.5, 0.6) is 0 Å². The molecule has 0 bridgehead atoms. The smallest absolute Gasteiger partial charge is 0.358 e. The summed E-state index contributed by atoms with van der Waals surface area (Å²) < 4.78 is 4.63. The molecule has 286 valence electrons. The average Bonchev–Trinajstić information content (AvgIpc) is 3.94. The third kappa shape index (κ3) is 5.75. The predicted molar refractivity (Wildman–Crippen MR) is 257 cm³/mol. The van der Waals surface area contributed by atoms with E-state index >= 15 is 0 Å². The molecule has 0 radical (unpaired) electrons. The van der Waals surface area contributed by atoms with E-state index in [1.54, 1.807) is 0 Å². The minimum absolute atomic E-state index is 0. The monoisotopic (exact) mass is 854 g/mol. The molecule has 4 heteroatoms. The van der Waals surface area contributed by atoms with Gasteiger partial charge < -0.3 is 24.0 Å². The summed E-state index contributed by atoms with van der Waals surface area (Å²) in [5.41, 5.74) is 12.9. The third-order valence-corrected chi connectivity index (χ3v) is 17.9. The molecule has 2 aromatic heterocycles. The van der Waals surface area contributed by atoms with Crippen LogP contribution in [0.25, 0.3) is 87.4 Å². The second-order valence-electron chi connectivity index (χ2n) is 16.0. The maximum absolute atomic E-state index is 2.61. The van der Waals surface area contributed by atoms with Gasteiger partial charge in [-0.15, -0.1) is 67.3 Å². The molecule has 11 aromatic rings. The van der Waals surface area contributed by atoms with Gasteiger partial charge in [0.1, 0.15) is 0 Å². The van der Waals surface area contributed by atoms with Gasteiger partial charge in [0.05, 0.1) is 8.07 Å². The van der Waals surface area contributed by atoms with Crippen LogP contribution in [0.3, 0.4) is 0 Å². The fourth-order valence-electron chi connectivity index (χ4n) is 10.6. The maximum Gasteiger partial charge on any atom is 4.00 e. The summed E-state index contributed by atoms with van der Waals surface area (Å²) in [4.78, 5) is 0. The Morgan fingerprint density at radius 1 is 0.407 bits per heavy atom. The molecule has 0 unspecified atom stereocenters. The largest absolute Gasteiger partial charge is 4.00 e. The first-order valence-electron chi connectivity index (χ1n) is 19.7. The van der Waals surface area contributed by atoms with E-state index in [1.165, 1.54) is 114 Å². The number of benzene rings is 7. The zero-order valence-electron chi connectivity index (χ0n) is 35.0. The van der Waals surface area contributed by atoms with Gasteiger partial charge in [-0.05, 0) is 47.5 Å². The molecular weight excluding hydrogens is 808 g/mol. The van der Waals surface area contributed by atoms with E-state index in [2.05, 4.69) is 207 Å². The van der Waals surface area contributed by atoms with E-state index in [0.717, 1.165) is 0 Å². The Morgan fingerprint density at radius 3 is 1.27 bits per heavy atom. The molecule has 0 aliphatic heterocycles. The fourth-order valence-corrected chi connectivity index (χ4v) is 15.5. The van der Waals surface area contributed by atoms with Crippen molar-refractivity contribution in [2.75, 3.05) is 0 Å². The number of fused-ring (bicyclic) bond motifs is 8. The molecule has 0 aliphatic carbocycles. The van der Waals surface area contributed by atoms with Crippen LogP contribution in [0, 0.1) is 28.7 Å². The van der Waals surface area contributed by atoms with Crippen molar-refractivity contribution in [3.63, 3.8) is 0 Å². The molecule has 0 aliphatic rings. The van der Waals surface area contributed by atoms with Crippen LogP contribution >= 0.6 is 0 Å². The van der Waals surface area contributed by atoms with Gasteiger partial charge in [0.2, 0.25) is 0 Å². The first-order chi connectivity index (χ1) is 27.3. The summed E-state index contributed by atoms with van der Waals surface area (Å²) in [5.74, 6) is 0. The number of hydrogen-bond acceptors (Lipinski definition) is 0. The second kappa shape index (κ2) is 14.9. The molecular formula is C55H48N2SiZr. The van der Waals surface area contributed by atoms with Crippen molar-refractivity contribution in [1.29, 1.82) is 0 Å². The van der Waals surface area contributed by atoms with Gasteiger partial charge in [-0.2, -0.15) is 12.1 Å². The Kier molecular flexibility index (Phi) is 10.2. The number of rotatable bonds is 5. The quantitative estimate of drug-likeness (QED) is 0.121. The molecule has 0 spiro atoms. The van der Waals surface area contributed by atoms with Gasteiger partial charge in [0.15, 0.2) is 0 Å². The average molecular weight is 856 g/mol. The van der Waals surface area contributed by atoms with Crippen LogP contribution in [0.4, 0.5) is 0 Å². The zero-order valence-corrected chi connectivity index (χ0v) is 38.4. The summed E-state index contributed by atoms with van der Waals surface area (Å²) in [5, 5.41) is 15.1. The third-order valence-electron chi connectivity index (χ3n) is 13.1. The molecule has 0 saturated heterocycles. The van der Waals surface area contributed by atoms with Gasteiger partial charge in [-0.25, -0.2) is 0 Å². The zero-order chi connectivity index (χ0) is 37.9. The van der Waals surface area contributed by atoms with Gasteiger partial charge in [0.25, 0.3) is 0 Å². The second-order valence-corrected chi connectivity index (χ2v) is 19.9. The number of hydrogen-bond donors (Lipinski definition) is 0. The fraction of sp³-hybridized carbons (Fsp3) is 0.0909. The van der Waals surface area contributed by atoms with E-state index in [1.807, 2.05) is 0 Å². The molecule has 2 heterocycles. The molecule has 0 amide bonds. The molecule has 9 aromatic carbocycles. The Balaban J connectivity index is 0.00000161. The van der Waals surface area contributed by atoms with Gasteiger partial charge in [-0.1, -0.05) is 128 Å². The first kappa shape index (κ1) is 40.2. The van der Waals surface area contributed by atoms with Crippen LogP contribution in [0.15, 0.2) is 164 Å². The summed E-state index contributed by atoms with van der Waals surface area (Å²) in [7, 11) is 1.75. The molecule has 59 heavy (non-hydrogen) atoms. The van der Waals surface area contributed by atoms with Crippen LogP contribution in [-0.2, 0) is 40.3 Å². The first-order valence-corrected chi connectivity index (χ1v) is 22.2. The molecule has 0 N–H and O–H groups in total. The molecule has 0 saturated carbocycles. The van der Waals surface area contributed by atoms with E-state index in [0.29, 0.717) is 0 Å². The van der Waals surface area contributed by atoms with Crippen molar-refractivity contribution in [3.8, 4) is 22.3 Å². The summed E-state index contributed by atoms with van der Waals surface area (Å²) >= 11 is 0. The topological polar surface area (TPSA) is 9.86 Å². The summed E-state index contributed by atoms with van der Waals surface area (Å²) in [6, 6.07) is 61.9. The summed E-state index contributed by atoms with van der Waals surface area (Å²) in [6.07, 6.45) is 0. The van der Waals surface area contributed by atoms with Crippen LogP contribution in [-0.4, -0.2) is 17.2 Å². The molecule has 0 atom stereocenters. The standard InChI is InChI=1S/C53H42N2Si.2CH3.Zr/c1-33-29-44-38(35-25-27-50-46(31-35)40-17-9-11-23-48(40)54(50)3)19-13-21-42(44)52(33)56(5,37-15-7-6-8-16-37)53-34(2)30-45-39(20-14-22-43(45)53)36-26-28-51-47(32-36)41-18-10-12-24-49(41)55(51)4;;;/h6-32H,1-5H3;2*1H3;/q-2;2*-1;+4. The maximum atomic E-state index is 2.61. The normalized spacial score (nSPS) is 11.7. The van der Waals surface area contributed by atoms with Gasteiger partial charge in [-0.3, -0.25) is 0 Å². The minimum Gasteiger partial charge on any atom is -0.358 e. The Hall–Kier alpha value is -5.54. The number of nitrogens with zero attached hydrogens (tertiary/aromatic N) is 2. The van der Waals surface area contributed by atoms with Crippen molar-refractivity contribution in [2.24, 2.45) is 14.1 Å². The van der Waals surface area contributed by atoms with Gasteiger partial charge >= 0.3 is 26.2 Å². The Labute approximate surface area is 368 Å². The van der Waals surface area contributed by atoms with Crippen LogP contribution < -0.4 is 15.6 Å². The Bertz CT molecular complexity index is 3170. The van der Waals surface area contributed by atoms with E-state index in [9.17, 15) is 0 Å². The predicted octanol–water partition coefficient (Wildman–Crippen LogP) is 12.7. The van der Waals surface area contributed by atoms with Crippen molar-refractivity contribution < 1.29 is 26.2 Å². The van der Waals surface area contributed by atoms with Crippen LogP contribution in [0.2, 0.25) is 6.55 Å². The number of para-hydroxylation sites is 2. The van der Waals surface area contributed by atoms with Crippen LogP contribution in [0.1, 0.15) is 11.1 Å². The minimum atomic E-state index is -2.60. The molecule has 2 nitrogen and oxygen atoms in total.